The van der Waals surface area contributed by atoms with Gasteiger partial charge in [-0.2, -0.15) is 0 Å². The molecule has 1 fully saturated rings. The number of hydrogen-bond donors (Lipinski definition) is 1. The predicted octanol–water partition coefficient (Wildman–Crippen LogP) is 1.26. The highest BCUT2D eigenvalue weighted by Gasteiger charge is 2.31. The summed E-state index contributed by atoms with van der Waals surface area (Å²) in [4.78, 5) is 14.2. The van der Waals surface area contributed by atoms with E-state index in [-0.39, 0.29) is 23.5 Å². The second kappa shape index (κ2) is 9.94. The number of nitrogens with one attached hydrogen (secondary N) is 1. The van der Waals surface area contributed by atoms with Crippen LogP contribution in [0.3, 0.4) is 0 Å². The molecule has 1 amide bonds. The van der Waals surface area contributed by atoms with Gasteiger partial charge in [0.1, 0.15) is 0 Å². The maximum atomic E-state index is 12.1. The highest BCUT2D eigenvalue weighted by atomic mass is 32.2. The fourth-order valence-corrected chi connectivity index (χ4v) is 5.14. The smallest absolute Gasteiger partial charge is 0.221 e. The Balaban J connectivity index is 1.74. The lowest BCUT2D eigenvalue weighted by atomic mass is 10.1. The van der Waals surface area contributed by atoms with Crippen LogP contribution < -0.4 is 14.8 Å². The van der Waals surface area contributed by atoms with Gasteiger partial charge in [0.15, 0.2) is 21.3 Å². The van der Waals surface area contributed by atoms with Gasteiger partial charge in [-0.05, 0) is 37.1 Å². The minimum Gasteiger partial charge on any atom is -0.493 e. The Morgan fingerprint density at radius 3 is 2.59 bits per heavy atom. The fraction of sp³-hybridized carbons (Fsp3) is 0.632. The van der Waals surface area contributed by atoms with Gasteiger partial charge in [0.2, 0.25) is 5.91 Å². The Labute approximate surface area is 161 Å². The second-order valence-electron chi connectivity index (χ2n) is 6.72. The van der Waals surface area contributed by atoms with E-state index in [0.29, 0.717) is 43.9 Å². The molecular formula is C19H30N2O5S. The molecule has 2 rings (SSSR count). The summed E-state index contributed by atoms with van der Waals surface area (Å²) >= 11 is 0. The van der Waals surface area contributed by atoms with Gasteiger partial charge in [-0.15, -0.1) is 0 Å². The Bertz CT molecular complexity index is 736. The van der Waals surface area contributed by atoms with Gasteiger partial charge in [-0.3, -0.25) is 9.69 Å². The second-order valence-corrected chi connectivity index (χ2v) is 8.95. The standard InChI is InChI=1S/C19H30N2O5S/c1-4-21(16-9-12-27(23,24)14-16)11-8-19(22)20-10-7-15-5-6-17(25-2)18(13-15)26-3/h5-6,13,16H,4,7-12,14H2,1-3H3,(H,20,22). The minimum atomic E-state index is -2.91. The van der Waals surface area contributed by atoms with Gasteiger partial charge in [0, 0.05) is 25.6 Å². The number of ether oxygens (including phenoxy) is 2. The van der Waals surface area contributed by atoms with Crippen LogP contribution in [-0.4, -0.2) is 70.6 Å². The molecule has 1 N–H and O–H groups in total. The average molecular weight is 399 g/mol. The van der Waals surface area contributed by atoms with Crippen molar-refractivity contribution in [3.63, 3.8) is 0 Å². The summed E-state index contributed by atoms with van der Waals surface area (Å²) in [5.74, 6) is 1.80. The molecule has 1 aliphatic rings. The van der Waals surface area contributed by atoms with E-state index in [1.165, 1.54) is 0 Å². The minimum absolute atomic E-state index is 0.0187. The van der Waals surface area contributed by atoms with Crippen LogP contribution in [0.4, 0.5) is 0 Å². The first-order valence-electron chi connectivity index (χ1n) is 9.30. The number of benzene rings is 1. The molecule has 1 aliphatic heterocycles. The van der Waals surface area contributed by atoms with Crippen LogP contribution in [0, 0.1) is 0 Å². The summed E-state index contributed by atoms with van der Waals surface area (Å²) in [6.07, 6.45) is 1.73. The fourth-order valence-electron chi connectivity index (χ4n) is 3.38. The van der Waals surface area contributed by atoms with E-state index in [4.69, 9.17) is 9.47 Å². The third-order valence-corrected chi connectivity index (χ3v) is 6.69. The maximum absolute atomic E-state index is 12.1. The highest BCUT2D eigenvalue weighted by molar-refractivity contribution is 7.91. The van der Waals surface area contributed by atoms with Crippen LogP contribution in [0.25, 0.3) is 0 Å². The van der Waals surface area contributed by atoms with Gasteiger partial charge in [-0.1, -0.05) is 13.0 Å². The lowest BCUT2D eigenvalue weighted by Crippen LogP contribution is -2.39. The number of methoxy groups -OCH3 is 2. The summed E-state index contributed by atoms with van der Waals surface area (Å²) in [6.45, 7) is 3.87. The van der Waals surface area contributed by atoms with Crippen LogP contribution in [0.1, 0.15) is 25.3 Å². The number of sulfone groups is 1. The Morgan fingerprint density at radius 2 is 2.00 bits per heavy atom. The molecule has 0 saturated carbocycles. The summed E-state index contributed by atoms with van der Waals surface area (Å²) in [5, 5.41) is 2.93. The van der Waals surface area contributed by atoms with Crippen molar-refractivity contribution in [1.82, 2.24) is 10.2 Å². The quantitative estimate of drug-likeness (QED) is 0.639. The van der Waals surface area contributed by atoms with E-state index in [1.54, 1.807) is 14.2 Å². The van der Waals surface area contributed by atoms with Crippen molar-refractivity contribution >= 4 is 15.7 Å². The first kappa shape index (κ1) is 21.5. The molecule has 1 aromatic carbocycles. The van der Waals surface area contributed by atoms with Gasteiger partial charge in [0.05, 0.1) is 25.7 Å². The lowest BCUT2D eigenvalue weighted by molar-refractivity contribution is -0.121. The van der Waals surface area contributed by atoms with E-state index in [0.717, 1.165) is 12.1 Å². The van der Waals surface area contributed by atoms with Gasteiger partial charge in [-0.25, -0.2) is 8.42 Å². The number of carbonyl (C=O) groups excluding carboxylic acids is 1. The summed E-state index contributed by atoms with van der Waals surface area (Å²) in [5.41, 5.74) is 1.05. The molecule has 1 atom stereocenters. The van der Waals surface area contributed by atoms with Crippen LogP contribution in [0.5, 0.6) is 11.5 Å². The van der Waals surface area contributed by atoms with Crippen molar-refractivity contribution in [2.75, 3.05) is 45.4 Å². The first-order valence-corrected chi connectivity index (χ1v) is 11.1. The molecule has 0 spiro atoms. The number of rotatable bonds is 10. The van der Waals surface area contributed by atoms with Gasteiger partial charge in [0.25, 0.3) is 0 Å². The molecule has 0 bridgehead atoms. The van der Waals surface area contributed by atoms with E-state index < -0.39 is 9.84 Å². The molecular weight excluding hydrogens is 368 g/mol. The monoisotopic (exact) mass is 398 g/mol. The molecule has 152 valence electrons. The molecule has 1 saturated heterocycles. The van der Waals surface area contributed by atoms with Crippen LogP contribution in [0.15, 0.2) is 18.2 Å². The zero-order valence-electron chi connectivity index (χ0n) is 16.4. The first-order chi connectivity index (χ1) is 12.9. The Hall–Kier alpha value is -1.80. The summed E-state index contributed by atoms with van der Waals surface area (Å²) in [6, 6.07) is 5.75. The largest absolute Gasteiger partial charge is 0.493 e. The van der Waals surface area contributed by atoms with Crippen molar-refractivity contribution in [2.24, 2.45) is 0 Å². The Kier molecular flexibility index (Phi) is 7.91. The molecule has 1 heterocycles. The zero-order chi connectivity index (χ0) is 19.9. The average Bonchev–Trinajstić information content (AvgIpc) is 3.01. The highest BCUT2D eigenvalue weighted by Crippen LogP contribution is 2.27. The van der Waals surface area contributed by atoms with Crippen LogP contribution in [-0.2, 0) is 21.1 Å². The van der Waals surface area contributed by atoms with E-state index in [1.807, 2.05) is 25.1 Å². The molecule has 8 heteroatoms. The Morgan fingerprint density at radius 1 is 1.26 bits per heavy atom. The van der Waals surface area contributed by atoms with Crippen molar-refractivity contribution in [3.05, 3.63) is 23.8 Å². The lowest BCUT2D eigenvalue weighted by Gasteiger charge is -2.26. The normalized spacial score (nSPS) is 18.4. The topological polar surface area (TPSA) is 84.9 Å². The van der Waals surface area contributed by atoms with E-state index in [2.05, 4.69) is 10.2 Å². The number of nitrogens with zero attached hydrogens (tertiary/aromatic N) is 1. The molecule has 1 aromatic rings. The van der Waals surface area contributed by atoms with Crippen molar-refractivity contribution in [2.45, 2.75) is 32.2 Å². The van der Waals surface area contributed by atoms with Crippen LogP contribution >= 0.6 is 0 Å². The molecule has 0 aromatic heterocycles. The predicted molar refractivity (Wildman–Crippen MR) is 105 cm³/mol. The number of hydrogen-bond acceptors (Lipinski definition) is 6. The number of amides is 1. The maximum Gasteiger partial charge on any atom is 0.221 e. The number of carbonyl (C=O) groups is 1. The van der Waals surface area contributed by atoms with Crippen molar-refractivity contribution in [1.29, 1.82) is 0 Å². The van der Waals surface area contributed by atoms with E-state index in [9.17, 15) is 13.2 Å². The van der Waals surface area contributed by atoms with Crippen molar-refractivity contribution < 1.29 is 22.7 Å². The van der Waals surface area contributed by atoms with Gasteiger partial charge < -0.3 is 14.8 Å². The third-order valence-electron chi connectivity index (χ3n) is 4.94. The van der Waals surface area contributed by atoms with Gasteiger partial charge >= 0.3 is 0 Å². The molecule has 1 unspecified atom stereocenters. The van der Waals surface area contributed by atoms with E-state index >= 15 is 0 Å². The summed E-state index contributed by atoms with van der Waals surface area (Å²) in [7, 11) is 0.285. The van der Waals surface area contributed by atoms with Crippen LogP contribution in [0.2, 0.25) is 0 Å². The zero-order valence-corrected chi connectivity index (χ0v) is 17.2. The molecule has 0 aliphatic carbocycles. The summed E-state index contributed by atoms with van der Waals surface area (Å²) < 4.78 is 33.8. The molecule has 27 heavy (non-hydrogen) atoms. The third kappa shape index (κ3) is 6.39. The molecule has 7 nitrogen and oxygen atoms in total. The SMILES string of the molecule is CCN(CCC(=O)NCCc1ccc(OC)c(OC)c1)C1CCS(=O)(=O)C1. The molecule has 0 radical (unpaired) electrons. The van der Waals surface area contributed by atoms with Crippen molar-refractivity contribution in [3.8, 4) is 11.5 Å².